The molecule has 8 heteroatoms. The van der Waals surface area contributed by atoms with Crippen LogP contribution in [0.2, 0.25) is 0 Å². The van der Waals surface area contributed by atoms with Gasteiger partial charge >= 0.3 is 0 Å². The minimum Gasteiger partial charge on any atom is -0.377 e. The molecule has 1 N–H and O–H groups in total. The van der Waals surface area contributed by atoms with Gasteiger partial charge in [0.15, 0.2) is 5.65 Å². The third-order valence-corrected chi connectivity index (χ3v) is 6.74. The molecular weight excluding hydrogens is 400 g/mol. The van der Waals surface area contributed by atoms with Crippen LogP contribution in [0.1, 0.15) is 42.5 Å². The van der Waals surface area contributed by atoms with Crippen molar-refractivity contribution in [3.63, 3.8) is 0 Å². The molecule has 0 spiro atoms. The maximum atomic E-state index is 14.2. The lowest BCUT2D eigenvalue weighted by molar-refractivity contribution is -0.133. The van der Waals surface area contributed by atoms with Gasteiger partial charge in [-0.2, -0.15) is 5.10 Å². The van der Waals surface area contributed by atoms with Gasteiger partial charge in [-0.25, -0.2) is 13.8 Å². The Hall–Kier alpha value is -2.87. The first-order valence-corrected chi connectivity index (χ1v) is 10.8. The smallest absolute Gasteiger partial charge is 0.273 e. The third-order valence-electron chi connectivity index (χ3n) is 6.74. The highest BCUT2D eigenvalue weighted by molar-refractivity contribution is 5.90. The Morgan fingerprint density at radius 2 is 2.03 bits per heavy atom. The van der Waals surface area contributed by atoms with Crippen molar-refractivity contribution in [1.29, 1.82) is 0 Å². The van der Waals surface area contributed by atoms with Crippen LogP contribution in [0.4, 0.5) is 20.2 Å². The number of nitrogens with zero attached hydrogens (tertiary/aromatic N) is 4. The summed E-state index contributed by atoms with van der Waals surface area (Å²) in [6.45, 7) is 3.72. The van der Waals surface area contributed by atoms with Gasteiger partial charge in [-0.1, -0.05) is 18.2 Å². The van der Waals surface area contributed by atoms with E-state index in [1.807, 2.05) is 19.2 Å². The summed E-state index contributed by atoms with van der Waals surface area (Å²) >= 11 is 0. The minimum absolute atomic E-state index is 0.124. The summed E-state index contributed by atoms with van der Waals surface area (Å²) in [5, 5.41) is 12.6. The largest absolute Gasteiger partial charge is 0.377 e. The third kappa shape index (κ3) is 3.12. The second-order valence-electron chi connectivity index (χ2n) is 8.79. The number of hydrogen-bond donors (Lipinski definition) is 1. The van der Waals surface area contributed by atoms with Crippen molar-refractivity contribution < 1.29 is 13.5 Å². The van der Waals surface area contributed by atoms with Crippen molar-refractivity contribution in [3.8, 4) is 0 Å². The summed E-state index contributed by atoms with van der Waals surface area (Å²) in [4.78, 5) is 6.82. The normalized spacial score (nSPS) is 24.5. The summed E-state index contributed by atoms with van der Waals surface area (Å²) in [7, 11) is 0. The number of alkyl halides is 2. The van der Waals surface area contributed by atoms with E-state index in [1.165, 1.54) is 0 Å². The molecule has 2 aromatic heterocycles. The fourth-order valence-corrected chi connectivity index (χ4v) is 5.15. The molecule has 2 unspecified atom stereocenters. The van der Waals surface area contributed by atoms with Crippen LogP contribution in [-0.2, 0) is 17.1 Å². The molecule has 3 fully saturated rings. The van der Waals surface area contributed by atoms with Gasteiger partial charge in [0, 0.05) is 42.9 Å². The Morgan fingerprint density at radius 1 is 1.23 bits per heavy atom. The Balaban J connectivity index is 1.32. The number of fused-ring (bicyclic) bond motifs is 4. The lowest BCUT2D eigenvalue weighted by Gasteiger charge is -2.47. The molecule has 5 heterocycles. The van der Waals surface area contributed by atoms with Crippen LogP contribution in [0.5, 0.6) is 0 Å². The molecule has 0 amide bonds. The topological polar surface area (TPSA) is 63.2 Å². The van der Waals surface area contributed by atoms with Crippen LogP contribution in [0, 0.1) is 0 Å². The van der Waals surface area contributed by atoms with E-state index in [4.69, 9.17) is 4.74 Å². The van der Waals surface area contributed by atoms with Gasteiger partial charge in [0.1, 0.15) is 0 Å². The van der Waals surface area contributed by atoms with Crippen LogP contribution in [0.25, 0.3) is 11.0 Å². The van der Waals surface area contributed by atoms with Gasteiger partial charge in [0.2, 0.25) is 0 Å². The summed E-state index contributed by atoms with van der Waals surface area (Å²) in [5.74, 6) is -2.74. The number of piperidine rings is 1. The Labute approximate surface area is 178 Å². The molecule has 3 atom stereocenters. The van der Waals surface area contributed by atoms with Crippen molar-refractivity contribution in [2.75, 3.05) is 23.3 Å². The first-order valence-electron chi connectivity index (χ1n) is 10.8. The fourth-order valence-electron chi connectivity index (χ4n) is 5.15. The quantitative estimate of drug-likeness (QED) is 0.678. The van der Waals surface area contributed by atoms with Crippen molar-refractivity contribution in [2.45, 2.75) is 50.4 Å². The number of aromatic nitrogens is 3. The van der Waals surface area contributed by atoms with Crippen molar-refractivity contribution in [1.82, 2.24) is 15.2 Å². The van der Waals surface area contributed by atoms with Gasteiger partial charge in [-0.15, -0.1) is 5.10 Å². The Kier molecular flexibility index (Phi) is 4.15. The summed E-state index contributed by atoms with van der Waals surface area (Å²) in [5.41, 5.74) is 4.21. The maximum Gasteiger partial charge on any atom is 0.273 e. The monoisotopic (exact) mass is 423 g/mol. The van der Waals surface area contributed by atoms with Crippen LogP contribution < -0.4 is 10.2 Å². The number of morpholine rings is 1. The van der Waals surface area contributed by atoms with E-state index >= 15 is 0 Å². The molecule has 1 aromatic carbocycles. The SMILES string of the molecule is C[C@@H](Nc1cnnc2ncc(N3CC4CC(C3)O4)cc12)c1cccc2c1CCC2(F)F. The van der Waals surface area contributed by atoms with Gasteiger partial charge in [-0.3, -0.25) is 0 Å². The van der Waals surface area contributed by atoms with E-state index in [0.29, 0.717) is 24.3 Å². The Morgan fingerprint density at radius 3 is 2.84 bits per heavy atom. The molecule has 3 aliphatic heterocycles. The molecule has 31 heavy (non-hydrogen) atoms. The standard InChI is InChI=1S/C23H23F2N5O/c1-13(17-3-2-4-20-18(17)5-6-23(20,24)25)28-21-10-27-29-22-19(21)7-14(9-26-22)30-11-15-8-16(12-30)31-15/h2-4,7,9-10,13,15-16H,5-6,8,11-12H2,1H3,(H,26,28,29)/t13-,15?,16?/m1/s1. The van der Waals surface area contributed by atoms with Gasteiger partial charge in [0.25, 0.3) is 5.92 Å². The van der Waals surface area contributed by atoms with Crippen LogP contribution >= 0.6 is 0 Å². The van der Waals surface area contributed by atoms with Gasteiger partial charge in [-0.05, 0) is 30.5 Å². The second-order valence-corrected chi connectivity index (χ2v) is 8.79. The molecular formula is C23H23F2N5O. The number of rotatable bonds is 4. The number of benzene rings is 1. The van der Waals surface area contributed by atoms with E-state index < -0.39 is 5.92 Å². The van der Waals surface area contributed by atoms with Crippen LogP contribution in [-0.4, -0.2) is 40.5 Å². The Bertz CT molecular complexity index is 1150. The molecule has 2 bridgehead atoms. The zero-order valence-electron chi connectivity index (χ0n) is 17.2. The molecule has 0 saturated carbocycles. The average Bonchev–Trinajstić information content (AvgIpc) is 3.08. The summed E-state index contributed by atoms with van der Waals surface area (Å²) < 4.78 is 34.2. The molecule has 160 valence electrons. The molecule has 6 nitrogen and oxygen atoms in total. The van der Waals surface area contributed by atoms with E-state index in [-0.39, 0.29) is 18.0 Å². The molecule has 4 aliphatic rings. The summed E-state index contributed by atoms with van der Waals surface area (Å²) in [6.07, 6.45) is 5.53. The fraction of sp³-hybridized carbons (Fsp3) is 0.435. The number of anilines is 2. The maximum absolute atomic E-state index is 14.2. The van der Waals surface area contributed by atoms with Crippen molar-refractivity contribution in [2.24, 2.45) is 0 Å². The first-order chi connectivity index (χ1) is 15.0. The predicted molar refractivity (Wildman–Crippen MR) is 114 cm³/mol. The predicted octanol–water partition coefficient (Wildman–Crippen LogP) is 4.21. The highest BCUT2D eigenvalue weighted by atomic mass is 19.3. The van der Waals surface area contributed by atoms with E-state index in [2.05, 4.69) is 31.5 Å². The number of halogens is 2. The zero-order chi connectivity index (χ0) is 21.2. The molecule has 7 rings (SSSR count). The highest BCUT2D eigenvalue weighted by Crippen LogP contribution is 2.44. The average molecular weight is 423 g/mol. The van der Waals surface area contributed by atoms with Gasteiger partial charge in [0.05, 0.1) is 36.0 Å². The zero-order valence-corrected chi connectivity index (χ0v) is 17.2. The van der Waals surface area contributed by atoms with Crippen LogP contribution in [0.3, 0.4) is 0 Å². The van der Waals surface area contributed by atoms with E-state index in [0.717, 1.165) is 47.4 Å². The number of hydrogen-bond acceptors (Lipinski definition) is 6. The second kappa shape index (κ2) is 6.82. The lowest BCUT2D eigenvalue weighted by atomic mass is 9.97. The number of nitrogens with one attached hydrogen (secondary N) is 1. The number of ether oxygens (including phenoxy) is 1. The molecule has 1 aliphatic carbocycles. The minimum atomic E-state index is -2.74. The van der Waals surface area contributed by atoms with Crippen molar-refractivity contribution >= 4 is 22.4 Å². The molecule has 3 saturated heterocycles. The van der Waals surface area contributed by atoms with E-state index in [9.17, 15) is 8.78 Å². The first kappa shape index (κ1) is 18.9. The van der Waals surface area contributed by atoms with Crippen molar-refractivity contribution in [3.05, 3.63) is 53.3 Å². The number of pyridine rings is 1. The van der Waals surface area contributed by atoms with Gasteiger partial charge < -0.3 is 15.0 Å². The molecule has 3 aromatic rings. The molecule has 0 radical (unpaired) electrons. The lowest BCUT2D eigenvalue weighted by Crippen LogP contribution is -2.57. The summed E-state index contributed by atoms with van der Waals surface area (Å²) in [6, 6.07) is 7.12. The van der Waals surface area contributed by atoms with Crippen LogP contribution in [0.15, 0.2) is 36.7 Å². The van der Waals surface area contributed by atoms with E-state index in [1.54, 1.807) is 18.3 Å². The highest BCUT2D eigenvalue weighted by Gasteiger charge is 2.40.